The molecule has 0 aliphatic heterocycles. The van der Waals surface area contributed by atoms with Gasteiger partial charge in [-0.1, -0.05) is 66.7 Å². The largest absolute Gasteiger partial charge is 0.462 e. The fraction of sp³-hybridized carbons (Fsp3) is 0.227. The fourth-order valence-electron chi connectivity index (χ4n) is 3.08. The zero-order chi connectivity index (χ0) is 20.2. The molecule has 0 saturated heterocycles. The van der Waals surface area contributed by atoms with Crippen molar-refractivity contribution < 1.29 is 23.5 Å². The Morgan fingerprint density at radius 3 is 2.32 bits per heavy atom. The average molecular weight is 398 g/mol. The number of fused-ring (bicyclic) bond motifs is 1. The summed E-state index contributed by atoms with van der Waals surface area (Å²) in [7, 11) is -4.01. The van der Waals surface area contributed by atoms with Crippen LogP contribution in [0, 0.1) is 0 Å². The first-order valence-corrected chi connectivity index (χ1v) is 10.7. The maximum Gasteiger partial charge on any atom is 0.333 e. The molecule has 28 heavy (non-hydrogen) atoms. The summed E-state index contributed by atoms with van der Waals surface area (Å²) in [6, 6.07) is 22.4. The third kappa shape index (κ3) is 5.08. The van der Waals surface area contributed by atoms with Crippen molar-refractivity contribution in [3.05, 3.63) is 83.9 Å². The fourth-order valence-corrected chi connectivity index (χ4v) is 4.61. The van der Waals surface area contributed by atoms with E-state index in [9.17, 15) is 14.3 Å². The van der Waals surface area contributed by atoms with Crippen molar-refractivity contribution in [1.29, 1.82) is 0 Å². The van der Waals surface area contributed by atoms with Gasteiger partial charge in [-0.25, -0.2) is 0 Å². The number of hydrogen-bond acceptors (Lipinski definition) is 4. The lowest BCUT2D eigenvalue weighted by Gasteiger charge is -2.32. The lowest BCUT2D eigenvalue weighted by molar-refractivity contribution is -0.147. The van der Waals surface area contributed by atoms with Gasteiger partial charge in [0.2, 0.25) is 0 Å². The quantitative estimate of drug-likeness (QED) is 0.447. The highest BCUT2D eigenvalue weighted by atomic mass is 31.2. The Bertz CT molecular complexity index is 1020. The number of benzene rings is 3. The number of carbonyl (C=O) groups excluding carboxylic acids is 1. The summed E-state index contributed by atoms with van der Waals surface area (Å²) in [6.45, 7) is 2.79. The smallest absolute Gasteiger partial charge is 0.333 e. The Balaban J connectivity index is 1.94. The van der Waals surface area contributed by atoms with Crippen LogP contribution in [0.2, 0.25) is 0 Å². The standard InChI is InChI=1S/C22H23O5P/c1-17(23)26-16-22(2,21-13-12-19-10-6-7-11-20(19)14-21)27-28(24,25)15-18-8-4-3-5-9-18/h3-14H,15-16H2,1-2H3,(H,24,25). The van der Waals surface area contributed by atoms with Gasteiger partial charge in [0.1, 0.15) is 12.2 Å². The van der Waals surface area contributed by atoms with Gasteiger partial charge in [0.25, 0.3) is 0 Å². The van der Waals surface area contributed by atoms with Crippen molar-refractivity contribution in [2.24, 2.45) is 0 Å². The molecule has 0 amide bonds. The van der Waals surface area contributed by atoms with E-state index in [4.69, 9.17) is 9.26 Å². The third-order valence-electron chi connectivity index (χ3n) is 4.48. The van der Waals surface area contributed by atoms with Gasteiger partial charge in [0, 0.05) is 6.92 Å². The average Bonchev–Trinajstić information content (AvgIpc) is 2.66. The zero-order valence-corrected chi connectivity index (χ0v) is 16.8. The minimum absolute atomic E-state index is 0.128. The molecule has 0 aliphatic rings. The first-order chi connectivity index (χ1) is 13.3. The summed E-state index contributed by atoms with van der Waals surface area (Å²) in [6.07, 6.45) is -0.128. The maximum atomic E-state index is 12.9. The number of esters is 1. The van der Waals surface area contributed by atoms with Gasteiger partial charge in [-0.2, -0.15) is 0 Å². The predicted molar refractivity (Wildman–Crippen MR) is 109 cm³/mol. The Kier molecular flexibility index (Phi) is 5.99. The molecule has 0 heterocycles. The predicted octanol–water partition coefficient (Wildman–Crippen LogP) is 5.02. The molecule has 146 valence electrons. The van der Waals surface area contributed by atoms with Crippen LogP contribution in [0.1, 0.15) is 25.0 Å². The highest BCUT2D eigenvalue weighted by Gasteiger charge is 2.37. The Labute approximate surface area is 164 Å². The summed E-state index contributed by atoms with van der Waals surface area (Å²) in [5, 5.41) is 2.01. The van der Waals surface area contributed by atoms with E-state index in [1.807, 2.05) is 48.5 Å². The molecule has 6 heteroatoms. The van der Waals surface area contributed by atoms with Gasteiger partial charge >= 0.3 is 13.6 Å². The van der Waals surface area contributed by atoms with Crippen molar-refractivity contribution in [1.82, 2.24) is 0 Å². The minimum atomic E-state index is -4.01. The molecule has 0 aromatic heterocycles. The second-order valence-electron chi connectivity index (χ2n) is 6.95. The molecule has 0 aliphatic carbocycles. The first-order valence-electron chi connectivity index (χ1n) is 8.97. The Morgan fingerprint density at radius 1 is 1.00 bits per heavy atom. The molecule has 0 saturated carbocycles. The van der Waals surface area contributed by atoms with Crippen molar-refractivity contribution in [3.63, 3.8) is 0 Å². The van der Waals surface area contributed by atoms with E-state index in [0.717, 1.165) is 10.8 Å². The summed E-state index contributed by atoms with van der Waals surface area (Å²) in [5.74, 6) is -0.480. The van der Waals surface area contributed by atoms with Gasteiger partial charge < -0.3 is 9.63 Å². The lowest BCUT2D eigenvalue weighted by Crippen LogP contribution is -2.32. The molecule has 0 spiro atoms. The SMILES string of the molecule is CC(=O)OCC(C)(OP(=O)(O)Cc1ccccc1)c1ccc2ccccc2c1. The summed E-state index contributed by atoms with van der Waals surface area (Å²) in [4.78, 5) is 21.9. The molecular formula is C22H23O5P. The molecule has 1 N–H and O–H groups in total. The molecule has 0 fully saturated rings. The Hall–Kier alpha value is -2.46. The third-order valence-corrected chi connectivity index (χ3v) is 5.93. The topological polar surface area (TPSA) is 72.8 Å². The van der Waals surface area contributed by atoms with Gasteiger partial charge in [-0.15, -0.1) is 0 Å². The molecule has 3 aromatic rings. The molecule has 2 unspecified atom stereocenters. The molecule has 2 atom stereocenters. The van der Waals surface area contributed by atoms with Crippen LogP contribution in [0.25, 0.3) is 10.8 Å². The van der Waals surface area contributed by atoms with E-state index in [2.05, 4.69) is 0 Å². The summed E-state index contributed by atoms with van der Waals surface area (Å²) >= 11 is 0. The van der Waals surface area contributed by atoms with Gasteiger partial charge in [-0.05, 0) is 34.9 Å². The van der Waals surface area contributed by atoms with Crippen molar-refractivity contribution in [2.45, 2.75) is 25.6 Å². The van der Waals surface area contributed by atoms with Crippen LogP contribution in [-0.2, 0) is 30.4 Å². The number of rotatable bonds is 7. The molecule has 3 aromatic carbocycles. The number of hydrogen-bond donors (Lipinski definition) is 1. The van der Waals surface area contributed by atoms with Crippen molar-refractivity contribution >= 4 is 24.3 Å². The van der Waals surface area contributed by atoms with Crippen LogP contribution >= 0.6 is 7.60 Å². The molecule has 0 radical (unpaired) electrons. The van der Waals surface area contributed by atoms with Crippen LogP contribution < -0.4 is 0 Å². The van der Waals surface area contributed by atoms with Crippen LogP contribution in [0.4, 0.5) is 0 Å². The van der Waals surface area contributed by atoms with E-state index >= 15 is 0 Å². The molecular weight excluding hydrogens is 375 g/mol. The second-order valence-corrected chi connectivity index (χ2v) is 8.72. The highest BCUT2D eigenvalue weighted by Crippen LogP contribution is 2.52. The van der Waals surface area contributed by atoms with Crippen molar-refractivity contribution in [3.8, 4) is 0 Å². The van der Waals surface area contributed by atoms with E-state index < -0.39 is 19.2 Å². The monoisotopic (exact) mass is 398 g/mol. The Morgan fingerprint density at radius 2 is 1.64 bits per heavy atom. The van der Waals surface area contributed by atoms with E-state index in [0.29, 0.717) is 11.1 Å². The molecule has 3 rings (SSSR count). The van der Waals surface area contributed by atoms with E-state index in [1.54, 1.807) is 31.2 Å². The normalized spacial score (nSPS) is 15.5. The van der Waals surface area contributed by atoms with Crippen LogP contribution in [-0.4, -0.2) is 17.5 Å². The van der Waals surface area contributed by atoms with E-state index in [1.165, 1.54) is 6.92 Å². The van der Waals surface area contributed by atoms with Gasteiger partial charge in [-0.3, -0.25) is 13.9 Å². The lowest BCUT2D eigenvalue weighted by atomic mass is 9.94. The highest BCUT2D eigenvalue weighted by molar-refractivity contribution is 7.52. The van der Waals surface area contributed by atoms with Crippen molar-refractivity contribution in [2.75, 3.05) is 6.61 Å². The van der Waals surface area contributed by atoms with Crippen LogP contribution in [0.15, 0.2) is 72.8 Å². The number of carbonyl (C=O) groups is 1. The summed E-state index contributed by atoms with van der Waals surface area (Å²) < 4.78 is 23.8. The molecule has 5 nitrogen and oxygen atoms in total. The number of ether oxygens (including phenoxy) is 1. The van der Waals surface area contributed by atoms with Crippen LogP contribution in [0.5, 0.6) is 0 Å². The van der Waals surface area contributed by atoms with Gasteiger partial charge in [0.05, 0.1) is 6.16 Å². The first kappa shape index (κ1) is 20.3. The zero-order valence-electron chi connectivity index (χ0n) is 15.9. The minimum Gasteiger partial charge on any atom is -0.462 e. The van der Waals surface area contributed by atoms with Crippen LogP contribution in [0.3, 0.4) is 0 Å². The van der Waals surface area contributed by atoms with E-state index in [-0.39, 0.29) is 12.8 Å². The summed E-state index contributed by atoms with van der Waals surface area (Å²) in [5.41, 5.74) is 0.0888. The van der Waals surface area contributed by atoms with Gasteiger partial charge in [0.15, 0.2) is 0 Å². The molecule has 0 bridgehead atoms. The second kappa shape index (κ2) is 8.27. The maximum absolute atomic E-state index is 12.9.